The first kappa shape index (κ1) is 27.8. The molecule has 0 spiro atoms. The smallest absolute Gasteiger partial charge is 0.459 e. The lowest BCUT2D eigenvalue weighted by atomic mass is 10.2. The Kier molecular flexibility index (Phi) is 11.5. The molecule has 0 radical (unpaired) electrons. The van der Waals surface area contributed by atoms with E-state index in [0.29, 0.717) is 12.2 Å². The van der Waals surface area contributed by atoms with Gasteiger partial charge in [-0.2, -0.15) is 0 Å². The topological polar surface area (TPSA) is 142 Å². The van der Waals surface area contributed by atoms with Gasteiger partial charge in [0.2, 0.25) is 12.4 Å². The molecule has 13 heteroatoms. The van der Waals surface area contributed by atoms with E-state index in [4.69, 9.17) is 19.2 Å². The molecule has 1 fully saturated rings. The highest BCUT2D eigenvalue weighted by molar-refractivity contribution is 8.00. The summed E-state index contributed by atoms with van der Waals surface area (Å²) in [7, 11) is -2.02. The van der Waals surface area contributed by atoms with Gasteiger partial charge in [0.05, 0.1) is 24.9 Å². The Morgan fingerprint density at radius 3 is 2.76 bits per heavy atom. The number of amides is 1. The molecular weight excluding hydrogens is 481 g/mol. The number of carbonyl (C=O) groups excluding carboxylic acids is 2. The zero-order valence-corrected chi connectivity index (χ0v) is 21.2. The van der Waals surface area contributed by atoms with E-state index in [9.17, 15) is 14.2 Å². The summed E-state index contributed by atoms with van der Waals surface area (Å²) in [5.74, 6) is -0.245. The fourth-order valence-electron chi connectivity index (χ4n) is 2.80. The number of carbonyl (C=O) groups is 2. The van der Waals surface area contributed by atoms with E-state index < -0.39 is 13.7 Å². The largest absolute Gasteiger partial charge is 0.464 e. The number of nitrogens with zero attached hydrogens (tertiary/aromatic N) is 2. The van der Waals surface area contributed by atoms with E-state index >= 15 is 0 Å². The Morgan fingerprint density at radius 1 is 1.35 bits per heavy atom. The van der Waals surface area contributed by atoms with Crippen molar-refractivity contribution in [3.8, 4) is 5.75 Å². The molecule has 1 aromatic rings. The number of para-hydroxylation sites is 1. The molecule has 1 aliphatic rings. The molecule has 0 aliphatic carbocycles. The summed E-state index contributed by atoms with van der Waals surface area (Å²) in [4.78, 5) is 28.1. The molecular formula is C21H32N5O6PS. The number of aliphatic imine (C=N–C) groups is 1. The van der Waals surface area contributed by atoms with Crippen molar-refractivity contribution >= 4 is 44.2 Å². The number of hydrogen-bond donors (Lipinski definition) is 3. The first-order valence-electron chi connectivity index (χ1n) is 10.8. The summed E-state index contributed by atoms with van der Waals surface area (Å²) in [6.45, 7) is 3.96. The average molecular weight is 514 g/mol. The third-order valence-corrected chi connectivity index (χ3v) is 7.62. The van der Waals surface area contributed by atoms with E-state index in [0.717, 1.165) is 12.8 Å². The van der Waals surface area contributed by atoms with Gasteiger partial charge in [-0.05, 0) is 30.9 Å². The molecule has 3 atom stereocenters. The van der Waals surface area contributed by atoms with E-state index in [2.05, 4.69) is 15.4 Å². The maximum absolute atomic E-state index is 13.4. The Morgan fingerprint density at radius 2 is 2.09 bits per heavy atom. The molecule has 188 valence electrons. The van der Waals surface area contributed by atoms with Crippen LogP contribution in [-0.2, 0) is 23.4 Å². The summed E-state index contributed by atoms with van der Waals surface area (Å²) in [5, 5.41) is 12.3. The number of guanidine groups is 1. The number of nitrogens with one attached hydrogen (secondary N) is 3. The van der Waals surface area contributed by atoms with Crippen LogP contribution in [-0.4, -0.2) is 67.0 Å². The molecule has 0 aromatic heterocycles. The standard InChI is InChI=1S/C21H32N5O6PS/c1-16(2)12-30-20(28)11-25-33(29,32-17-7-5-4-6-8-17)31-13-18-9-10-19(34-18)26(3)14-23-21(22)24-15-27/h4-8,14-16,18-19H,9-13H2,1-3H3,(H,25,29)(H2,22,24,27). The van der Waals surface area contributed by atoms with Gasteiger partial charge in [-0.15, -0.1) is 11.8 Å². The zero-order valence-electron chi connectivity index (χ0n) is 19.5. The summed E-state index contributed by atoms with van der Waals surface area (Å²) >= 11 is 1.62. The van der Waals surface area contributed by atoms with Crippen molar-refractivity contribution < 1.29 is 27.9 Å². The average Bonchev–Trinajstić information content (AvgIpc) is 3.29. The second-order valence-corrected chi connectivity index (χ2v) is 11.2. The van der Waals surface area contributed by atoms with Crippen molar-refractivity contribution in [3.05, 3.63) is 30.3 Å². The lowest BCUT2D eigenvalue weighted by Gasteiger charge is -2.23. The quantitative estimate of drug-likeness (QED) is 0.119. The Hall–Kier alpha value is -2.40. The predicted octanol–water partition coefficient (Wildman–Crippen LogP) is 2.84. The third kappa shape index (κ3) is 10.3. The molecule has 11 nitrogen and oxygen atoms in total. The molecule has 2 rings (SSSR count). The number of hydrogen-bond acceptors (Lipinski definition) is 8. The second kappa shape index (κ2) is 14.1. The minimum Gasteiger partial charge on any atom is -0.464 e. The normalized spacial score (nSPS) is 19.5. The minimum absolute atomic E-state index is 0.0378. The molecule has 3 unspecified atom stereocenters. The van der Waals surface area contributed by atoms with Crippen LogP contribution >= 0.6 is 19.5 Å². The van der Waals surface area contributed by atoms with Gasteiger partial charge in [-0.25, -0.2) is 14.6 Å². The van der Waals surface area contributed by atoms with E-state index in [1.165, 1.54) is 6.34 Å². The summed E-state index contributed by atoms with van der Waals surface area (Å²) < 4.78 is 29.8. The van der Waals surface area contributed by atoms with Crippen LogP contribution in [0.1, 0.15) is 26.7 Å². The van der Waals surface area contributed by atoms with Crippen molar-refractivity contribution in [2.45, 2.75) is 37.3 Å². The van der Waals surface area contributed by atoms with Crippen LogP contribution in [0.2, 0.25) is 0 Å². The molecule has 1 aromatic carbocycles. The molecule has 34 heavy (non-hydrogen) atoms. The lowest BCUT2D eigenvalue weighted by Crippen LogP contribution is -2.28. The Bertz CT molecular complexity index is 888. The van der Waals surface area contributed by atoms with Crippen LogP contribution in [0.15, 0.2) is 35.3 Å². The Labute approximate surface area is 204 Å². The van der Waals surface area contributed by atoms with Crippen LogP contribution in [0.4, 0.5) is 0 Å². The van der Waals surface area contributed by atoms with Crippen molar-refractivity contribution in [3.63, 3.8) is 0 Å². The van der Waals surface area contributed by atoms with E-state index in [1.807, 2.05) is 25.8 Å². The van der Waals surface area contributed by atoms with Gasteiger partial charge in [0.25, 0.3) is 0 Å². The summed E-state index contributed by atoms with van der Waals surface area (Å²) in [6, 6.07) is 8.60. The fraction of sp³-hybridized carbons (Fsp3) is 0.524. The van der Waals surface area contributed by atoms with Gasteiger partial charge in [-0.1, -0.05) is 32.0 Å². The van der Waals surface area contributed by atoms with E-state index in [1.54, 1.807) is 42.1 Å². The lowest BCUT2D eigenvalue weighted by molar-refractivity contribution is -0.143. The molecule has 0 bridgehead atoms. The van der Waals surface area contributed by atoms with Gasteiger partial charge in [0.1, 0.15) is 12.3 Å². The number of benzene rings is 1. The molecule has 1 aliphatic heterocycles. The SMILES string of the molecule is CC(C)COC(=O)CNP(=O)(OCC1CCC(N(C)C=NC(=N)NC=O)S1)Oc1ccccc1. The number of esters is 1. The number of ether oxygens (including phenoxy) is 1. The highest BCUT2D eigenvalue weighted by Gasteiger charge is 2.33. The third-order valence-electron chi connectivity index (χ3n) is 4.50. The fourth-order valence-corrected chi connectivity index (χ4v) is 5.59. The number of rotatable bonds is 13. The van der Waals surface area contributed by atoms with E-state index in [-0.39, 0.29) is 42.3 Å². The van der Waals surface area contributed by atoms with Crippen LogP contribution in [0.5, 0.6) is 5.75 Å². The molecule has 1 amide bonds. The first-order valence-corrected chi connectivity index (χ1v) is 13.3. The van der Waals surface area contributed by atoms with Gasteiger partial charge in [0, 0.05) is 12.3 Å². The highest BCUT2D eigenvalue weighted by Crippen LogP contribution is 2.46. The maximum atomic E-state index is 13.4. The van der Waals surface area contributed by atoms with Crippen molar-refractivity contribution in [1.29, 1.82) is 5.41 Å². The zero-order chi connectivity index (χ0) is 25.0. The van der Waals surface area contributed by atoms with Gasteiger partial charge >= 0.3 is 13.7 Å². The predicted molar refractivity (Wildman–Crippen MR) is 132 cm³/mol. The number of thioether (sulfide) groups is 1. The van der Waals surface area contributed by atoms with Crippen LogP contribution in [0.3, 0.4) is 0 Å². The molecule has 1 heterocycles. The van der Waals surface area contributed by atoms with Gasteiger partial charge in [-0.3, -0.25) is 24.8 Å². The van der Waals surface area contributed by atoms with Gasteiger partial charge in [0.15, 0.2) is 0 Å². The van der Waals surface area contributed by atoms with Crippen molar-refractivity contribution in [2.24, 2.45) is 10.9 Å². The van der Waals surface area contributed by atoms with Crippen molar-refractivity contribution in [2.75, 3.05) is 26.8 Å². The molecule has 0 saturated carbocycles. The summed E-state index contributed by atoms with van der Waals surface area (Å²) in [6.07, 6.45) is 3.51. The van der Waals surface area contributed by atoms with Gasteiger partial charge < -0.3 is 14.2 Å². The molecule has 3 N–H and O–H groups in total. The van der Waals surface area contributed by atoms with Crippen LogP contribution in [0.25, 0.3) is 0 Å². The van der Waals surface area contributed by atoms with Crippen LogP contribution in [0, 0.1) is 11.3 Å². The van der Waals surface area contributed by atoms with Crippen molar-refractivity contribution in [1.82, 2.24) is 15.3 Å². The monoisotopic (exact) mass is 513 g/mol. The summed E-state index contributed by atoms with van der Waals surface area (Å²) in [5.41, 5.74) is 0. The minimum atomic E-state index is -3.85. The van der Waals surface area contributed by atoms with Crippen LogP contribution < -0.4 is 14.9 Å². The highest BCUT2D eigenvalue weighted by atomic mass is 32.2. The Balaban J connectivity index is 1.92. The second-order valence-electron chi connectivity index (χ2n) is 7.92. The molecule has 1 saturated heterocycles. The maximum Gasteiger partial charge on any atom is 0.459 e. The first-order chi connectivity index (χ1) is 16.2.